The SMILES string of the molecule is CC(=O)/C(Br)=N/Nc1ccccc1. The second-order valence-corrected chi connectivity index (χ2v) is 3.19. The highest BCUT2D eigenvalue weighted by Crippen LogP contribution is 2.05. The maximum Gasteiger partial charge on any atom is 0.187 e. The number of nitrogens with one attached hydrogen (secondary N) is 1. The predicted molar refractivity (Wildman–Crippen MR) is 57.1 cm³/mol. The first kappa shape index (κ1) is 9.92. The molecular weight excluding hydrogens is 232 g/mol. The quantitative estimate of drug-likeness (QED) is 0.652. The van der Waals surface area contributed by atoms with Crippen LogP contribution < -0.4 is 5.43 Å². The first-order valence-corrected chi connectivity index (χ1v) is 4.54. The molecule has 0 unspecified atom stereocenters. The van der Waals surface area contributed by atoms with Crippen LogP contribution in [0.2, 0.25) is 0 Å². The van der Waals surface area contributed by atoms with Gasteiger partial charge in [0.05, 0.1) is 5.69 Å². The number of Topliss-reactive ketones (excluding diaryl/α,β-unsaturated/α-hetero) is 1. The molecule has 1 aromatic rings. The summed E-state index contributed by atoms with van der Waals surface area (Å²) in [4.78, 5) is 10.7. The van der Waals surface area contributed by atoms with E-state index < -0.39 is 0 Å². The highest BCUT2D eigenvalue weighted by Gasteiger charge is 1.98. The second kappa shape index (κ2) is 4.77. The Kier molecular flexibility index (Phi) is 3.64. The number of rotatable bonds is 3. The lowest BCUT2D eigenvalue weighted by Crippen LogP contribution is -2.03. The van der Waals surface area contributed by atoms with E-state index in [2.05, 4.69) is 26.5 Å². The topological polar surface area (TPSA) is 41.5 Å². The minimum Gasteiger partial charge on any atom is -0.292 e. The van der Waals surface area contributed by atoms with Crippen LogP contribution in [0.3, 0.4) is 0 Å². The predicted octanol–water partition coefficient (Wildman–Crippen LogP) is 2.40. The van der Waals surface area contributed by atoms with Crippen LogP contribution in [-0.4, -0.2) is 10.4 Å². The highest BCUT2D eigenvalue weighted by atomic mass is 79.9. The van der Waals surface area contributed by atoms with Crippen LogP contribution in [0.15, 0.2) is 35.4 Å². The molecule has 0 heterocycles. The van der Waals surface area contributed by atoms with E-state index in [9.17, 15) is 4.79 Å². The fourth-order valence-electron chi connectivity index (χ4n) is 0.705. The number of halogens is 1. The van der Waals surface area contributed by atoms with Crippen molar-refractivity contribution in [2.45, 2.75) is 6.92 Å². The molecule has 0 aliphatic rings. The van der Waals surface area contributed by atoms with E-state index in [1.165, 1.54) is 6.92 Å². The Morgan fingerprint density at radius 3 is 2.54 bits per heavy atom. The summed E-state index contributed by atoms with van der Waals surface area (Å²) in [5, 5.41) is 3.83. The fraction of sp³-hybridized carbons (Fsp3) is 0.111. The smallest absolute Gasteiger partial charge is 0.187 e. The summed E-state index contributed by atoms with van der Waals surface area (Å²) in [7, 11) is 0. The molecule has 0 amide bonds. The second-order valence-electron chi connectivity index (χ2n) is 2.44. The number of ketones is 1. The lowest BCUT2D eigenvalue weighted by Gasteiger charge is -1.98. The Labute approximate surface area is 85.0 Å². The van der Waals surface area contributed by atoms with E-state index in [4.69, 9.17) is 0 Å². The molecule has 1 rings (SSSR count). The van der Waals surface area contributed by atoms with Crippen molar-refractivity contribution < 1.29 is 4.79 Å². The van der Waals surface area contributed by atoms with Crippen LogP contribution in [0.25, 0.3) is 0 Å². The average molecular weight is 241 g/mol. The van der Waals surface area contributed by atoms with Gasteiger partial charge in [-0.1, -0.05) is 18.2 Å². The van der Waals surface area contributed by atoms with Crippen molar-refractivity contribution in [1.82, 2.24) is 0 Å². The number of hydrogen-bond donors (Lipinski definition) is 1. The number of anilines is 1. The van der Waals surface area contributed by atoms with E-state index in [1.54, 1.807) is 0 Å². The number of hydrogen-bond acceptors (Lipinski definition) is 3. The third-order valence-corrected chi connectivity index (χ3v) is 2.08. The lowest BCUT2D eigenvalue weighted by molar-refractivity contribution is -0.110. The zero-order valence-electron chi connectivity index (χ0n) is 7.12. The van der Waals surface area contributed by atoms with Crippen molar-refractivity contribution in [3.05, 3.63) is 30.3 Å². The zero-order chi connectivity index (χ0) is 9.68. The van der Waals surface area contributed by atoms with Gasteiger partial charge in [0.2, 0.25) is 0 Å². The summed E-state index contributed by atoms with van der Waals surface area (Å²) in [5.74, 6) is -0.108. The number of carbonyl (C=O) groups excluding carboxylic acids is 1. The van der Waals surface area contributed by atoms with Crippen molar-refractivity contribution >= 4 is 32.0 Å². The van der Waals surface area contributed by atoms with Gasteiger partial charge in [0.1, 0.15) is 0 Å². The van der Waals surface area contributed by atoms with Crippen LogP contribution >= 0.6 is 15.9 Å². The van der Waals surface area contributed by atoms with Gasteiger partial charge >= 0.3 is 0 Å². The average Bonchev–Trinajstić information content (AvgIpc) is 2.15. The summed E-state index contributed by atoms with van der Waals surface area (Å²) in [6.07, 6.45) is 0. The molecule has 0 atom stereocenters. The molecule has 1 N–H and O–H groups in total. The molecule has 0 aromatic heterocycles. The maximum absolute atomic E-state index is 10.7. The Morgan fingerprint density at radius 2 is 2.00 bits per heavy atom. The van der Waals surface area contributed by atoms with Gasteiger partial charge in [-0.25, -0.2) is 0 Å². The van der Waals surface area contributed by atoms with Crippen molar-refractivity contribution in [2.24, 2.45) is 5.10 Å². The number of hydrazone groups is 1. The Balaban J connectivity index is 2.62. The van der Waals surface area contributed by atoms with Gasteiger partial charge in [-0.3, -0.25) is 10.2 Å². The Hall–Kier alpha value is -1.16. The van der Waals surface area contributed by atoms with Crippen LogP contribution in [0.5, 0.6) is 0 Å². The number of carbonyl (C=O) groups is 1. The summed E-state index contributed by atoms with van der Waals surface area (Å²) in [5.41, 5.74) is 3.59. The Morgan fingerprint density at radius 1 is 1.38 bits per heavy atom. The fourth-order valence-corrected chi connectivity index (χ4v) is 0.794. The molecule has 0 aliphatic carbocycles. The zero-order valence-corrected chi connectivity index (χ0v) is 8.71. The molecule has 4 heteroatoms. The Bertz CT molecular complexity index is 322. The van der Waals surface area contributed by atoms with E-state index in [0.717, 1.165) is 5.69 Å². The van der Waals surface area contributed by atoms with E-state index in [1.807, 2.05) is 30.3 Å². The number of benzene rings is 1. The van der Waals surface area contributed by atoms with E-state index in [-0.39, 0.29) is 10.4 Å². The van der Waals surface area contributed by atoms with E-state index >= 15 is 0 Å². The molecule has 1 aromatic carbocycles. The molecular formula is C9H9BrN2O. The molecule has 0 aliphatic heterocycles. The van der Waals surface area contributed by atoms with Gasteiger partial charge in [0, 0.05) is 6.92 Å². The van der Waals surface area contributed by atoms with E-state index in [0.29, 0.717) is 0 Å². The molecule has 0 bridgehead atoms. The lowest BCUT2D eigenvalue weighted by atomic mass is 10.3. The highest BCUT2D eigenvalue weighted by molar-refractivity contribution is 9.19. The largest absolute Gasteiger partial charge is 0.292 e. The summed E-state index contributed by atoms with van der Waals surface area (Å²) in [6, 6.07) is 9.42. The van der Waals surface area contributed by atoms with Gasteiger partial charge in [-0.05, 0) is 28.1 Å². The van der Waals surface area contributed by atoms with Gasteiger partial charge in [-0.15, -0.1) is 0 Å². The summed E-state index contributed by atoms with van der Waals surface area (Å²) in [6.45, 7) is 1.44. The molecule has 3 nitrogen and oxygen atoms in total. The van der Waals surface area contributed by atoms with Crippen molar-refractivity contribution in [3.63, 3.8) is 0 Å². The standard InChI is InChI=1S/C9H9BrN2O/c1-7(13)9(10)12-11-8-5-3-2-4-6-8/h2-6,11H,1H3/b12-9-. The van der Waals surface area contributed by atoms with Crippen molar-refractivity contribution in [1.29, 1.82) is 0 Å². The molecule has 0 fully saturated rings. The monoisotopic (exact) mass is 240 g/mol. The van der Waals surface area contributed by atoms with Crippen molar-refractivity contribution in [3.8, 4) is 0 Å². The van der Waals surface area contributed by atoms with Crippen LogP contribution in [0, 0.1) is 0 Å². The van der Waals surface area contributed by atoms with Crippen LogP contribution in [0.4, 0.5) is 5.69 Å². The number of nitrogens with zero attached hydrogens (tertiary/aromatic N) is 1. The first-order valence-electron chi connectivity index (χ1n) is 3.75. The first-order chi connectivity index (χ1) is 6.20. The minimum absolute atomic E-state index is 0.108. The molecule has 0 saturated carbocycles. The van der Waals surface area contributed by atoms with Crippen LogP contribution in [0.1, 0.15) is 6.92 Å². The molecule has 13 heavy (non-hydrogen) atoms. The summed E-state index contributed by atoms with van der Waals surface area (Å²) < 4.78 is 0.288. The third kappa shape index (κ3) is 3.38. The van der Waals surface area contributed by atoms with Gasteiger partial charge in [-0.2, -0.15) is 5.10 Å². The van der Waals surface area contributed by atoms with Gasteiger partial charge < -0.3 is 0 Å². The van der Waals surface area contributed by atoms with Crippen LogP contribution in [-0.2, 0) is 4.79 Å². The van der Waals surface area contributed by atoms with Crippen molar-refractivity contribution in [2.75, 3.05) is 5.43 Å². The summed E-state index contributed by atoms with van der Waals surface area (Å²) >= 11 is 3.04. The maximum atomic E-state index is 10.7. The normalized spacial score (nSPS) is 11.1. The molecule has 0 radical (unpaired) electrons. The van der Waals surface area contributed by atoms with Gasteiger partial charge in [0.25, 0.3) is 0 Å². The third-order valence-electron chi connectivity index (χ3n) is 1.35. The van der Waals surface area contributed by atoms with Gasteiger partial charge in [0.15, 0.2) is 10.4 Å². The molecule has 68 valence electrons. The minimum atomic E-state index is -0.108. The molecule has 0 saturated heterocycles. The molecule has 0 spiro atoms. The number of para-hydroxylation sites is 1.